The van der Waals surface area contributed by atoms with Crippen LogP contribution in [0.4, 0.5) is 5.69 Å². The van der Waals surface area contributed by atoms with Crippen molar-refractivity contribution in [2.45, 2.75) is 25.7 Å². The average molecular weight is 199 g/mol. The number of hydrogen-bond acceptors (Lipinski definition) is 1. The number of nitrogens with one attached hydrogen (secondary N) is 1. The molecule has 15 heavy (non-hydrogen) atoms. The third kappa shape index (κ3) is 2.30. The Morgan fingerprint density at radius 2 is 2.07 bits per heavy atom. The molecule has 0 bridgehead atoms. The van der Waals surface area contributed by atoms with Crippen LogP contribution in [0.25, 0.3) is 0 Å². The highest BCUT2D eigenvalue weighted by atomic mass is 14.8. The second-order valence-corrected chi connectivity index (χ2v) is 3.89. The Kier molecular flexibility index (Phi) is 3.23. The van der Waals surface area contributed by atoms with Gasteiger partial charge in [-0.05, 0) is 49.0 Å². The van der Waals surface area contributed by atoms with Gasteiger partial charge >= 0.3 is 0 Å². The van der Waals surface area contributed by atoms with Gasteiger partial charge in [-0.25, -0.2) is 0 Å². The summed E-state index contributed by atoms with van der Waals surface area (Å²) in [4.78, 5) is 0. The van der Waals surface area contributed by atoms with Gasteiger partial charge < -0.3 is 5.32 Å². The average Bonchev–Trinajstić information content (AvgIpc) is 2.30. The van der Waals surface area contributed by atoms with E-state index in [2.05, 4.69) is 30.1 Å². The first kappa shape index (κ1) is 10.0. The second-order valence-electron chi connectivity index (χ2n) is 3.89. The molecular weight excluding hydrogens is 182 g/mol. The van der Waals surface area contributed by atoms with Gasteiger partial charge in [-0.2, -0.15) is 0 Å². The summed E-state index contributed by atoms with van der Waals surface area (Å²) in [6, 6.07) is 6.53. The van der Waals surface area contributed by atoms with E-state index in [1.807, 2.05) is 12.3 Å². The summed E-state index contributed by atoms with van der Waals surface area (Å²) >= 11 is 0. The van der Waals surface area contributed by atoms with E-state index < -0.39 is 0 Å². The minimum Gasteiger partial charge on any atom is -0.361 e. The molecule has 1 aliphatic carbocycles. The van der Waals surface area contributed by atoms with Crippen LogP contribution in [0.5, 0.6) is 0 Å². The molecule has 1 heteroatoms. The summed E-state index contributed by atoms with van der Waals surface area (Å²) in [5.41, 5.74) is 4.26. The van der Waals surface area contributed by atoms with Gasteiger partial charge in [-0.3, -0.25) is 0 Å². The molecule has 2 rings (SSSR count). The lowest BCUT2D eigenvalue weighted by molar-refractivity contribution is 0.687. The maximum Gasteiger partial charge on any atom is 0.0415 e. The normalized spacial score (nSPS) is 14.9. The van der Waals surface area contributed by atoms with Crippen molar-refractivity contribution in [2.75, 3.05) is 5.32 Å². The zero-order chi connectivity index (χ0) is 10.5. The zero-order valence-corrected chi connectivity index (χ0v) is 9.00. The van der Waals surface area contributed by atoms with Gasteiger partial charge in [-0.1, -0.05) is 24.8 Å². The van der Waals surface area contributed by atoms with Crippen LogP contribution >= 0.6 is 0 Å². The number of rotatable bonds is 3. The molecule has 1 aromatic carbocycles. The van der Waals surface area contributed by atoms with Crippen molar-refractivity contribution in [2.24, 2.45) is 0 Å². The third-order valence-electron chi connectivity index (χ3n) is 2.87. The molecule has 0 saturated carbocycles. The lowest BCUT2D eigenvalue weighted by Crippen LogP contribution is -2.05. The molecule has 1 nitrogen and oxygen atoms in total. The summed E-state index contributed by atoms with van der Waals surface area (Å²) in [6.07, 6.45) is 10.7. The highest BCUT2D eigenvalue weighted by Gasteiger charge is 2.11. The lowest BCUT2D eigenvalue weighted by Gasteiger charge is -2.18. The second kappa shape index (κ2) is 4.83. The first-order chi connectivity index (χ1) is 7.42. The zero-order valence-electron chi connectivity index (χ0n) is 9.00. The van der Waals surface area contributed by atoms with Crippen molar-refractivity contribution >= 4 is 5.69 Å². The van der Waals surface area contributed by atoms with Gasteiger partial charge in [0, 0.05) is 11.9 Å². The van der Waals surface area contributed by atoms with Crippen molar-refractivity contribution in [3.8, 4) is 0 Å². The van der Waals surface area contributed by atoms with Crippen molar-refractivity contribution in [1.29, 1.82) is 0 Å². The minimum absolute atomic E-state index is 1.21. The summed E-state index contributed by atoms with van der Waals surface area (Å²) < 4.78 is 0. The summed E-state index contributed by atoms with van der Waals surface area (Å²) in [7, 11) is 0. The Morgan fingerprint density at radius 3 is 2.93 bits per heavy atom. The monoisotopic (exact) mass is 199 g/mol. The van der Waals surface area contributed by atoms with Gasteiger partial charge in [-0.15, -0.1) is 0 Å². The molecule has 0 aliphatic heterocycles. The SMILES string of the molecule is C=C/C=C/Nc1cccc2c1CCCC2. The molecular formula is C14H17N. The fourth-order valence-corrected chi connectivity index (χ4v) is 2.12. The van der Waals surface area contributed by atoms with Gasteiger partial charge in [0.15, 0.2) is 0 Å². The van der Waals surface area contributed by atoms with Crippen LogP contribution < -0.4 is 5.32 Å². The van der Waals surface area contributed by atoms with E-state index in [0.717, 1.165) is 0 Å². The lowest BCUT2D eigenvalue weighted by atomic mass is 9.90. The Bertz CT molecular complexity index is 377. The van der Waals surface area contributed by atoms with Crippen LogP contribution in [0, 0.1) is 0 Å². The number of benzene rings is 1. The van der Waals surface area contributed by atoms with Crippen LogP contribution in [0.1, 0.15) is 24.0 Å². The van der Waals surface area contributed by atoms with E-state index in [0.29, 0.717) is 0 Å². The largest absolute Gasteiger partial charge is 0.361 e. The number of hydrogen-bond donors (Lipinski definition) is 1. The van der Waals surface area contributed by atoms with Crippen molar-refractivity contribution in [3.63, 3.8) is 0 Å². The van der Waals surface area contributed by atoms with E-state index in [4.69, 9.17) is 0 Å². The van der Waals surface area contributed by atoms with E-state index in [1.165, 1.54) is 42.5 Å². The molecule has 1 aromatic rings. The standard InChI is InChI=1S/C14H17N/c1-2-3-11-15-14-10-6-8-12-7-4-5-9-13(12)14/h2-3,6,8,10-11,15H,1,4-5,7,9H2/b11-3+. The van der Waals surface area contributed by atoms with Gasteiger partial charge in [0.25, 0.3) is 0 Å². The molecule has 0 atom stereocenters. The third-order valence-corrected chi connectivity index (χ3v) is 2.87. The first-order valence-corrected chi connectivity index (χ1v) is 5.56. The van der Waals surface area contributed by atoms with Crippen LogP contribution in [0.3, 0.4) is 0 Å². The molecule has 1 aliphatic rings. The Morgan fingerprint density at radius 1 is 1.20 bits per heavy atom. The molecule has 0 saturated heterocycles. The molecule has 1 N–H and O–H groups in total. The van der Waals surface area contributed by atoms with Gasteiger partial charge in [0.05, 0.1) is 0 Å². The fraction of sp³-hybridized carbons (Fsp3) is 0.286. The van der Waals surface area contributed by atoms with E-state index in [9.17, 15) is 0 Å². The van der Waals surface area contributed by atoms with E-state index in [-0.39, 0.29) is 0 Å². The van der Waals surface area contributed by atoms with Crippen LogP contribution in [0.2, 0.25) is 0 Å². The fourth-order valence-electron chi connectivity index (χ4n) is 2.12. The predicted octanol–water partition coefficient (Wildman–Crippen LogP) is 3.68. The van der Waals surface area contributed by atoms with Crippen molar-refractivity contribution < 1.29 is 0 Å². The first-order valence-electron chi connectivity index (χ1n) is 5.56. The number of allylic oxidation sites excluding steroid dienone is 2. The number of aryl methyl sites for hydroxylation is 1. The van der Waals surface area contributed by atoms with Gasteiger partial charge in [0.1, 0.15) is 0 Å². The highest BCUT2D eigenvalue weighted by Crippen LogP contribution is 2.27. The molecule has 0 fully saturated rings. The highest BCUT2D eigenvalue weighted by molar-refractivity contribution is 5.57. The molecule has 0 radical (unpaired) electrons. The summed E-state index contributed by atoms with van der Waals surface area (Å²) in [6.45, 7) is 3.65. The van der Waals surface area contributed by atoms with Crippen LogP contribution in [0.15, 0.2) is 43.1 Å². The molecule has 0 spiro atoms. The Labute approximate surface area is 91.5 Å². The van der Waals surface area contributed by atoms with Crippen molar-refractivity contribution in [1.82, 2.24) is 0 Å². The molecule has 0 aromatic heterocycles. The molecule has 78 valence electrons. The van der Waals surface area contributed by atoms with E-state index >= 15 is 0 Å². The maximum atomic E-state index is 3.65. The molecule has 0 amide bonds. The number of fused-ring (bicyclic) bond motifs is 1. The smallest absolute Gasteiger partial charge is 0.0415 e. The minimum atomic E-state index is 1.21. The summed E-state index contributed by atoms with van der Waals surface area (Å²) in [5.74, 6) is 0. The van der Waals surface area contributed by atoms with E-state index in [1.54, 1.807) is 6.08 Å². The number of anilines is 1. The molecule has 0 unspecified atom stereocenters. The van der Waals surface area contributed by atoms with Crippen LogP contribution in [-0.2, 0) is 12.8 Å². The maximum absolute atomic E-state index is 3.65. The topological polar surface area (TPSA) is 12.0 Å². The van der Waals surface area contributed by atoms with Gasteiger partial charge in [0.2, 0.25) is 0 Å². The quantitative estimate of drug-likeness (QED) is 0.732. The summed E-state index contributed by atoms with van der Waals surface area (Å²) in [5, 5.41) is 3.32. The van der Waals surface area contributed by atoms with Crippen LogP contribution in [-0.4, -0.2) is 0 Å². The molecule has 0 heterocycles. The predicted molar refractivity (Wildman–Crippen MR) is 66.0 cm³/mol. The Balaban J connectivity index is 2.23. The Hall–Kier alpha value is -1.50. The van der Waals surface area contributed by atoms with Crippen molar-refractivity contribution in [3.05, 3.63) is 54.3 Å².